The first-order chi connectivity index (χ1) is 11.4. The van der Waals surface area contributed by atoms with Gasteiger partial charge in [-0.15, -0.1) is 0 Å². The molecule has 0 fully saturated rings. The lowest BCUT2D eigenvalue weighted by atomic mass is 10.0. The summed E-state index contributed by atoms with van der Waals surface area (Å²) in [5.41, 5.74) is 0.902. The second kappa shape index (κ2) is 7.88. The molecule has 2 amide bonds. The smallest absolute Gasteiger partial charge is 0.313 e. The third-order valence-electron chi connectivity index (χ3n) is 3.34. The molecule has 0 unspecified atom stereocenters. The molecule has 0 saturated heterocycles. The largest absolute Gasteiger partial charge is 0.339 e. The summed E-state index contributed by atoms with van der Waals surface area (Å²) in [6.07, 6.45) is 1.62. The molecule has 0 bridgehead atoms. The van der Waals surface area contributed by atoms with Gasteiger partial charge < -0.3 is 10.6 Å². The van der Waals surface area contributed by atoms with Crippen LogP contribution in [0.25, 0.3) is 0 Å². The van der Waals surface area contributed by atoms with E-state index < -0.39 is 23.7 Å². The van der Waals surface area contributed by atoms with E-state index in [4.69, 9.17) is 11.6 Å². The van der Waals surface area contributed by atoms with Crippen LogP contribution >= 0.6 is 11.6 Å². The average molecular weight is 350 g/mol. The van der Waals surface area contributed by atoms with Gasteiger partial charge in [-0.3, -0.25) is 14.6 Å². The van der Waals surface area contributed by atoms with Gasteiger partial charge in [-0.1, -0.05) is 31.5 Å². The lowest BCUT2D eigenvalue weighted by Crippen LogP contribution is -2.39. The van der Waals surface area contributed by atoms with Gasteiger partial charge in [0.2, 0.25) is 0 Å². The predicted octanol–water partition coefficient (Wildman–Crippen LogP) is 3.33. The summed E-state index contributed by atoms with van der Waals surface area (Å²) in [7, 11) is 0. The molecule has 7 heteroatoms. The van der Waals surface area contributed by atoms with Crippen molar-refractivity contribution < 1.29 is 14.0 Å². The number of pyridine rings is 1. The van der Waals surface area contributed by atoms with E-state index in [2.05, 4.69) is 15.6 Å². The summed E-state index contributed by atoms with van der Waals surface area (Å²) in [5.74, 6) is -2.23. The van der Waals surface area contributed by atoms with Gasteiger partial charge in [0.1, 0.15) is 5.82 Å². The van der Waals surface area contributed by atoms with E-state index in [0.717, 1.165) is 6.07 Å². The van der Waals surface area contributed by atoms with Gasteiger partial charge >= 0.3 is 11.8 Å². The molecule has 24 heavy (non-hydrogen) atoms. The molecule has 0 aliphatic carbocycles. The van der Waals surface area contributed by atoms with Crippen molar-refractivity contribution in [1.82, 2.24) is 10.3 Å². The Labute approximate surface area is 144 Å². The van der Waals surface area contributed by atoms with Crippen LogP contribution in [0.5, 0.6) is 0 Å². The summed E-state index contributed by atoms with van der Waals surface area (Å²) >= 11 is 5.65. The van der Waals surface area contributed by atoms with Gasteiger partial charge in [0.15, 0.2) is 0 Å². The zero-order valence-electron chi connectivity index (χ0n) is 13.2. The molecule has 0 spiro atoms. The number of carbonyl (C=O) groups excluding carboxylic acids is 2. The molecule has 5 nitrogen and oxygen atoms in total. The Morgan fingerprint density at radius 3 is 2.50 bits per heavy atom. The molecule has 2 rings (SSSR count). The number of amides is 2. The number of rotatable bonds is 4. The van der Waals surface area contributed by atoms with Crippen molar-refractivity contribution in [2.45, 2.75) is 19.9 Å². The minimum Gasteiger partial charge on any atom is -0.339 e. The number of halogens is 2. The first-order valence-electron chi connectivity index (χ1n) is 7.36. The molecule has 1 aromatic heterocycles. The first kappa shape index (κ1) is 17.9. The van der Waals surface area contributed by atoms with Gasteiger partial charge in [0.25, 0.3) is 0 Å². The maximum absolute atomic E-state index is 13.1. The molecule has 126 valence electrons. The van der Waals surface area contributed by atoms with Crippen LogP contribution in [-0.4, -0.2) is 16.8 Å². The number of hydrogen-bond acceptors (Lipinski definition) is 3. The molecular weight excluding hydrogens is 333 g/mol. The Hall–Kier alpha value is -2.47. The molecule has 0 aliphatic heterocycles. The topological polar surface area (TPSA) is 71.1 Å². The molecule has 0 radical (unpaired) electrons. The average Bonchev–Trinajstić information content (AvgIpc) is 2.56. The molecule has 0 saturated carbocycles. The Kier molecular flexibility index (Phi) is 5.87. The van der Waals surface area contributed by atoms with Crippen molar-refractivity contribution in [3.05, 3.63) is 59.1 Å². The quantitative estimate of drug-likeness (QED) is 0.832. The van der Waals surface area contributed by atoms with E-state index in [1.807, 2.05) is 19.9 Å². The van der Waals surface area contributed by atoms with E-state index in [1.54, 1.807) is 18.3 Å². The van der Waals surface area contributed by atoms with Crippen LogP contribution < -0.4 is 10.6 Å². The highest BCUT2D eigenvalue weighted by Crippen LogP contribution is 2.21. The maximum atomic E-state index is 13.1. The van der Waals surface area contributed by atoms with Gasteiger partial charge in [-0.2, -0.15) is 0 Å². The van der Waals surface area contributed by atoms with Gasteiger partial charge in [0.05, 0.1) is 16.8 Å². The zero-order chi connectivity index (χ0) is 17.7. The third kappa shape index (κ3) is 4.52. The highest BCUT2D eigenvalue weighted by atomic mass is 35.5. The van der Waals surface area contributed by atoms with Crippen LogP contribution in [0.15, 0.2) is 42.6 Å². The van der Waals surface area contributed by atoms with Crippen molar-refractivity contribution in [2.75, 3.05) is 5.32 Å². The highest BCUT2D eigenvalue weighted by Gasteiger charge is 2.23. The molecular formula is C17H17ClFN3O2. The minimum absolute atomic E-state index is 0.0388. The van der Waals surface area contributed by atoms with Gasteiger partial charge in [-0.05, 0) is 36.2 Å². The minimum atomic E-state index is -0.862. The van der Waals surface area contributed by atoms with Crippen molar-refractivity contribution >= 4 is 29.1 Å². The number of benzene rings is 1. The summed E-state index contributed by atoms with van der Waals surface area (Å²) in [6.45, 7) is 3.83. The Morgan fingerprint density at radius 1 is 1.17 bits per heavy atom. The van der Waals surface area contributed by atoms with Crippen LogP contribution in [-0.2, 0) is 9.59 Å². The second-order valence-corrected chi connectivity index (χ2v) is 5.94. The normalized spacial score (nSPS) is 11.9. The summed E-state index contributed by atoms with van der Waals surface area (Å²) in [5, 5.41) is 4.90. The fourth-order valence-electron chi connectivity index (χ4n) is 2.11. The lowest BCUT2D eigenvalue weighted by Gasteiger charge is -2.21. The summed E-state index contributed by atoms with van der Waals surface area (Å²) in [6, 6.07) is 8.63. The molecule has 1 aromatic carbocycles. The summed E-state index contributed by atoms with van der Waals surface area (Å²) < 4.78 is 13.1. The predicted molar refractivity (Wildman–Crippen MR) is 90.0 cm³/mol. The maximum Gasteiger partial charge on any atom is 0.313 e. The molecule has 1 heterocycles. The monoisotopic (exact) mass is 349 g/mol. The van der Waals surface area contributed by atoms with Crippen LogP contribution in [0.3, 0.4) is 0 Å². The van der Waals surface area contributed by atoms with Crippen molar-refractivity contribution in [1.29, 1.82) is 0 Å². The number of carbonyl (C=O) groups is 2. The number of anilines is 1. The lowest BCUT2D eigenvalue weighted by molar-refractivity contribution is -0.136. The molecule has 1 atom stereocenters. The number of aromatic nitrogens is 1. The third-order valence-corrected chi connectivity index (χ3v) is 3.63. The van der Waals surface area contributed by atoms with E-state index >= 15 is 0 Å². The van der Waals surface area contributed by atoms with E-state index in [0.29, 0.717) is 5.69 Å². The Balaban J connectivity index is 2.06. The first-order valence-corrected chi connectivity index (χ1v) is 7.74. The SMILES string of the molecule is CC(C)[C@H](NC(=O)C(=O)Nc1ccc(F)c(Cl)c1)c1ccccn1. The fraction of sp³-hybridized carbons (Fsp3) is 0.235. The Bertz CT molecular complexity index is 738. The highest BCUT2D eigenvalue weighted by molar-refractivity contribution is 6.40. The Morgan fingerprint density at radius 2 is 1.92 bits per heavy atom. The van der Waals surface area contributed by atoms with E-state index in [1.165, 1.54) is 12.1 Å². The van der Waals surface area contributed by atoms with Crippen LogP contribution in [0.1, 0.15) is 25.6 Å². The molecule has 2 aromatic rings. The molecule has 0 aliphatic rings. The molecule has 2 N–H and O–H groups in total. The van der Waals surface area contributed by atoms with Gasteiger partial charge in [-0.25, -0.2) is 4.39 Å². The van der Waals surface area contributed by atoms with Crippen LogP contribution in [0, 0.1) is 11.7 Å². The van der Waals surface area contributed by atoms with E-state index in [9.17, 15) is 14.0 Å². The van der Waals surface area contributed by atoms with Crippen LogP contribution in [0.4, 0.5) is 10.1 Å². The fourth-order valence-corrected chi connectivity index (χ4v) is 2.29. The van der Waals surface area contributed by atoms with Gasteiger partial charge in [0, 0.05) is 11.9 Å². The van der Waals surface area contributed by atoms with Crippen molar-refractivity contribution in [3.8, 4) is 0 Å². The standard InChI is InChI=1S/C17H17ClFN3O2/c1-10(2)15(14-5-3-4-8-20-14)22-17(24)16(23)21-11-6-7-13(19)12(18)9-11/h3-10,15H,1-2H3,(H,21,23)(H,22,24)/t15-/m0/s1. The van der Waals surface area contributed by atoms with Crippen molar-refractivity contribution in [2.24, 2.45) is 5.92 Å². The second-order valence-electron chi connectivity index (χ2n) is 5.53. The number of hydrogen-bond donors (Lipinski definition) is 2. The van der Waals surface area contributed by atoms with E-state index in [-0.39, 0.29) is 16.6 Å². The summed E-state index contributed by atoms with van der Waals surface area (Å²) in [4.78, 5) is 28.4. The number of nitrogens with zero attached hydrogens (tertiary/aromatic N) is 1. The van der Waals surface area contributed by atoms with Crippen LogP contribution in [0.2, 0.25) is 5.02 Å². The van der Waals surface area contributed by atoms with Crippen molar-refractivity contribution in [3.63, 3.8) is 0 Å². The number of nitrogens with one attached hydrogen (secondary N) is 2. The zero-order valence-corrected chi connectivity index (χ0v) is 14.0.